The molecule has 0 spiro atoms. The second kappa shape index (κ2) is 6.91. The molecule has 3 N–H and O–H groups in total. The first-order valence-corrected chi connectivity index (χ1v) is 7.90. The van der Waals surface area contributed by atoms with E-state index in [4.69, 9.17) is 5.73 Å². The molecule has 124 valence electrons. The van der Waals surface area contributed by atoms with Gasteiger partial charge in [0.15, 0.2) is 0 Å². The largest absolute Gasteiger partial charge is 0.354 e. The average Bonchev–Trinajstić information content (AvgIpc) is 2.57. The molecule has 0 atom stereocenters. The number of hydrogen-bond acceptors (Lipinski definition) is 4. The molecule has 0 aliphatic carbocycles. The fourth-order valence-electron chi connectivity index (χ4n) is 2.50. The Bertz CT molecular complexity index is 763. The molecule has 6 nitrogen and oxygen atoms in total. The van der Waals surface area contributed by atoms with E-state index in [0.29, 0.717) is 17.6 Å². The molecular weight excluding hydrogens is 292 g/mol. The van der Waals surface area contributed by atoms with Gasteiger partial charge in [-0.05, 0) is 18.9 Å². The summed E-state index contributed by atoms with van der Waals surface area (Å²) in [5.74, 6) is -0.141. The van der Waals surface area contributed by atoms with Gasteiger partial charge in [-0.25, -0.2) is 4.68 Å². The third-order valence-electron chi connectivity index (χ3n) is 4.41. The van der Waals surface area contributed by atoms with Crippen molar-refractivity contribution in [1.82, 2.24) is 15.1 Å². The van der Waals surface area contributed by atoms with E-state index in [2.05, 4.69) is 10.4 Å². The fourth-order valence-corrected chi connectivity index (χ4v) is 2.50. The van der Waals surface area contributed by atoms with Crippen LogP contribution in [-0.2, 0) is 18.3 Å². The van der Waals surface area contributed by atoms with Crippen molar-refractivity contribution in [3.8, 4) is 0 Å². The van der Waals surface area contributed by atoms with Crippen molar-refractivity contribution in [3.05, 3.63) is 40.3 Å². The number of carbonyl (C=O) groups excluding carboxylic acids is 1. The first-order valence-electron chi connectivity index (χ1n) is 7.90. The number of aryl methyl sites for hydroxylation is 1. The Morgan fingerprint density at radius 2 is 1.87 bits per heavy atom. The molecule has 0 saturated carbocycles. The quantitative estimate of drug-likeness (QED) is 0.835. The van der Waals surface area contributed by atoms with Gasteiger partial charge in [0.25, 0.3) is 5.56 Å². The van der Waals surface area contributed by atoms with Crippen LogP contribution in [0, 0.1) is 0 Å². The maximum atomic E-state index is 12.2. The average molecular weight is 316 g/mol. The summed E-state index contributed by atoms with van der Waals surface area (Å²) in [4.78, 5) is 24.3. The molecule has 1 heterocycles. The van der Waals surface area contributed by atoms with Crippen LogP contribution >= 0.6 is 0 Å². The topological polar surface area (TPSA) is 90.0 Å². The summed E-state index contributed by atoms with van der Waals surface area (Å²) < 4.78 is 1.27. The Morgan fingerprint density at radius 3 is 2.48 bits per heavy atom. The monoisotopic (exact) mass is 316 g/mol. The van der Waals surface area contributed by atoms with E-state index in [1.807, 2.05) is 26.0 Å². The SMILES string of the molecule is CCC(N)(CC)CNC(=O)Cc1nn(C)c(=O)c2ccccc12. The molecule has 0 aliphatic heterocycles. The first-order chi connectivity index (χ1) is 10.9. The van der Waals surface area contributed by atoms with Crippen LogP contribution in [0.3, 0.4) is 0 Å². The summed E-state index contributed by atoms with van der Waals surface area (Å²) in [6.07, 6.45) is 1.72. The number of amides is 1. The molecule has 2 rings (SSSR count). The van der Waals surface area contributed by atoms with Crippen molar-refractivity contribution in [2.45, 2.75) is 38.6 Å². The number of rotatable bonds is 6. The van der Waals surface area contributed by atoms with Crippen LogP contribution in [-0.4, -0.2) is 27.8 Å². The van der Waals surface area contributed by atoms with Gasteiger partial charge in [-0.15, -0.1) is 0 Å². The number of aromatic nitrogens is 2. The standard InChI is InChI=1S/C17H24N4O2/c1-4-17(18,5-2)11-19-15(22)10-14-12-8-6-7-9-13(12)16(23)21(3)20-14/h6-9H,4-5,10-11,18H2,1-3H3,(H,19,22). The highest BCUT2D eigenvalue weighted by molar-refractivity contribution is 5.88. The number of benzene rings is 1. The second-order valence-corrected chi connectivity index (χ2v) is 5.94. The highest BCUT2D eigenvalue weighted by Crippen LogP contribution is 2.14. The van der Waals surface area contributed by atoms with E-state index in [1.165, 1.54) is 4.68 Å². The molecule has 0 fully saturated rings. The number of hydrogen-bond donors (Lipinski definition) is 2. The Morgan fingerprint density at radius 1 is 1.26 bits per heavy atom. The fraction of sp³-hybridized carbons (Fsp3) is 0.471. The van der Waals surface area contributed by atoms with Crippen molar-refractivity contribution in [1.29, 1.82) is 0 Å². The van der Waals surface area contributed by atoms with Crippen molar-refractivity contribution < 1.29 is 4.79 Å². The molecule has 0 bridgehead atoms. The Labute approximate surface area is 135 Å². The minimum atomic E-state index is -0.380. The van der Waals surface area contributed by atoms with Gasteiger partial charge in [-0.3, -0.25) is 9.59 Å². The Hall–Kier alpha value is -2.21. The summed E-state index contributed by atoms with van der Waals surface area (Å²) in [6, 6.07) is 7.21. The maximum absolute atomic E-state index is 12.2. The summed E-state index contributed by atoms with van der Waals surface area (Å²) in [5, 5.41) is 8.41. The van der Waals surface area contributed by atoms with Crippen LogP contribution in [0.4, 0.5) is 0 Å². The van der Waals surface area contributed by atoms with Gasteiger partial charge >= 0.3 is 0 Å². The molecule has 23 heavy (non-hydrogen) atoms. The minimum absolute atomic E-state index is 0.123. The zero-order chi connectivity index (χ0) is 17.0. The van der Waals surface area contributed by atoms with Crippen LogP contribution in [0.1, 0.15) is 32.4 Å². The third kappa shape index (κ3) is 3.76. The van der Waals surface area contributed by atoms with Gasteiger partial charge < -0.3 is 11.1 Å². The highest BCUT2D eigenvalue weighted by Gasteiger charge is 2.21. The second-order valence-electron chi connectivity index (χ2n) is 5.94. The van der Waals surface area contributed by atoms with Crippen molar-refractivity contribution in [3.63, 3.8) is 0 Å². The van der Waals surface area contributed by atoms with E-state index in [-0.39, 0.29) is 23.4 Å². The van der Waals surface area contributed by atoms with E-state index >= 15 is 0 Å². The van der Waals surface area contributed by atoms with E-state index in [0.717, 1.165) is 18.2 Å². The minimum Gasteiger partial charge on any atom is -0.354 e. The van der Waals surface area contributed by atoms with Gasteiger partial charge in [0, 0.05) is 24.5 Å². The van der Waals surface area contributed by atoms with Crippen LogP contribution in [0.15, 0.2) is 29.1 Å². The summed E-state index contributed by atoms with van der Waals surface area (Å²) in [6.45, 7) is 4.46. The molecular formula is C17H24N4O2. The number of nitrogens with one attached hydrogen (secondary N) is 1. The van der Waals surface area contributed by atoms with Gasteiger partial charge in [-0.2, -0.15) is 5.10 Å². The molecule has 2 aromatic rings. The summed E-state index contributed by atoms with van der Waals surface area (Å²) in [5.41, 5.74) is 6.25. The van der Waals surface area contributed by atoms with Crippen LogP contribution in [0.2, 0.25) is 0 Å². The smallest absolute Gasteiger partial charge is 0.274 e. The lowest BCUT2D eigenvalue weighted by molar-refractivity contribution is -0.120. The molecule has 1 aromatic carbocycles. The molecule has 0 aliphatic rings. The Kier molecular flexibility index (Phi) is 5.15. The lowest BCUT2D eigenvalue weighted by Gasteiger charge is -2.26. The number of carbonyl (C=O) groups is 1. The highest BCUT2D eigenvalue weighted by atomic mass is 16.1. The van der Waals surface area contributed by atoms with Crippen molar-refractivity contribution >= 4 is 16.7 Å². The van der Waals surface area contributed by atoms with Gasteiger partial charge in [0.05, 0.1) is 17.5 Å². The zero-order valence-corrected chi connectivity index (χ0v) is 13.9. The first kappa shape index (κ1) is 17.1. The predicted molar refractivity (Wildman–Crippen MR) is 91.2 cm³/mol. The van der Waals surface area contributed by atoms with Crippen molar-refractivity contribution in [2.24, 2.45) is 12.8 Å². The molecule has 0 saturated heterocycles. The van der Waals surface area contributed by atoms with Crippen LogP contribution in [0.25, 0.3) is 10.8 Å². The van der Waals surface area contributed by atoms with Gasteiger partial charge in [-0.1, -0.05) is 32.0 Å². The molecule has 0 radical (unpaired) electrons. The third-order valence-corrected chi connectivity index (χ3v) is 4.41. The van der Waals surface area contributed by atoms with E-state index < -0.39 is 0 Å². The number of nitrogens with two attached hydrogens (primary N) is 1. The predicted octanol–water partition coefficient (Wildman–Crippen LogP) is 1.11. The molecule has 0 unspecified atom stereocenters. The summed E-state index contributed by atoms with van der Waals surface area (Å²) >= 11 is 0. The summed E-state index contributed by atoms with van der Waals surface area (Å²) in [7, 11) is 1.59. The Balaban J connectivity index is 2.21. The lowest BCUT2D eigenvalue weighted by atomic mass is 9.94. The molecule has 6 heteroatoms. The van der Waals surface area contributed by atoms with Crippen LogP contribution < -0.4 is 16.6 Å². The normalized spacial score (nSPS) is 11.7. The maximum Gasteiger partial charge on any atom is 0.274 e. The molecule has 1 aromatic heterocycles. The van der Waals surface area contributed by atoms with Gasteiger partial charge in [0.1, 0.15) is 0 Å². The van der Waals surface area contributed by atoms with E-state index in [9.17, 15) is 9.59 Å². The molecule has 1 amide bonds. The van der Waals surface area contributed by atoms with E-state index in [1.54, 1.807) is 19.2 Å². The zero-order valence-electron chi connectivity index (χ0n) is 13.9. The lowest BCUT2D eigenvalue weighted by Crippen LogP contribution is -2.49. The van der Waals surface area contributed by atoms with Gasteiger partial charge in [0.2, 0.25) is 5.91 Å². The number of fused-ring (bicyclic) bond motifs is 1. The van der Waals surface area contributed by atoms with Crippen molar-refractivity contribution in [2.75, 3.05) is 6.54 Å². The number of nitrogens with zero attached hydrogens (tertiary/aromatic N) is 2. The van der Waals surface area contributed by atoms with Crippen LogP contribution in [0.5, 0.6) is 0 Å².